The molecule has 3 heteroatoms. The van der Waals surface area contributed by atoms with Crippen LogP contribution in [0.4, 0.5) is 0 Å². The molecule has 2 aliphatic rings. The second-order valence-corrected chi connectivity index (χ2v) is 6.20. The highest BCUT2D eigenvalue weighted by molar-refractivity contribution is 9.10. The molecule has 1 aliphatic heterocycles. The van der Waals surface area contributed by atoms with Gasteiger partial charge in [-0.25, -0.2) is 4.98 Å². The minimum atomic E-state index is 0.589. The summed E-state index contributed by atoms with van der Waals surface area (Å²) in [5, 5.41) is 3.64. The average Bonchev–Trinajstić information content (AvgIpc) is 2.41. The van der Waals surface area contributed by atoms with Crippen LogP contribution < -0.4 is 5.32 Å². The summed E-state index contributed by atoms with van der Waals surface area (Å²) in [7, 11) is 0. The van der Waals surface area contributed by atoms with E-state index in [1.165, 1.54) is 48.9 Å². The van der Waals surface area contributed by atoms with Crippen molar-refractivity contribution in [1.29, 1.82) is 0 Å². The van der Waals surface area contributed by atoms with E-state index in [4.69, 9.17) is 0 Å². The Kier molecular flexibility index (Phi) is 3.53. The molecule has 0 radical (unpaired) electrons. The minimum Gasteiger partial charge on any atom is -0.310 e. The number of nitrogens with one attached hydrogen (secondary N) is 1. The maximum absolute atomic E-state index is 4.41. The number of fused-ring (bicyclic) bond motifs is 1. The van der Waals surface area contributed by atoms with Crippen LogP contribution in [-0.4, -0.2) is 17.6 Å². The summed E-state index contributed by atoms with van der Waals surface area (Å²) in [4.78, 5) is 4.41. The molecule has 0 amide bonds. The van der Waals surface area contributed by atoms with Crippen LogP contribution in [0.2, 0.25) is 0 Å². The van der Waals surface area contributed by atoms with Gasteiger partial charge < -0.3 is 5.32 Å². The third kappa shape index (κ3) is 2.39. The van der Waals surface area contributed by atoms with E-state index in [0.29, 0.717) is 6.04 Å². The fourth-order valence-electron chi connectivity index (χ4n) is 3.11. The zero-order valence-corrected chi connectivity index (χ0v) is 12.3. The molecule has 1 fully saturated rings. The third-order valence-corrected chi connectivity index (χ3v) is 5.02. The normalized spacial score (nSPS) is 27.6. The standard InChI is InChI=1S/C15H19BrN2/c1-10-7-13(9-18-15(10)16)12-5-4-11-3-2-6-17-14(11)8-12/h7-9,11,14,17H,2-6H2,1H3/t11-,14+/m0/s1. The Balaban J connectivity index is 1.87. The molecule has 0 bridgehead atoms. The predicted octanol–water partition coefficient (Wildman–Crippen LogP) is 3.70. The van der Waals surface area contributed by atoms with Crippen molar-refractivity contribution >= 4 is 21.5 Å². The smallest absolute Gasteiger partial charge is 0.109 e. The van der Waals surface area contributed by atoms with Crippen LogP contribution in [0.5, 0.6) is 0 Å². The lowest BCUT2D eigenvalue weighted by molar-refractivity contribution is 0.298. The molecule has 0 unspecified atom stereocenters. The van der Waals surface area contributed by atoms with Crippen molar-refractivity contribution in [3.63, 3.8) is 0 Å². The summed E-state index contributed by atoms with van der Waals surface area (Å²) in [5.41, 5.74) is 3.97. The molecule has 0 aromatic carbocycles. The Morgan fingerprint density at radius 3 is 3.11 bits per heavy atom. The van der Waals surface area contributed by atoms with Gasteiger partial charge in [-0.3, -0.25) is 0 Å². The van der Waals surface area contributed by atoms with Gasteiger partial charge in [0, 0.05) is 12.2 Å². The molecule has 1 aliphatic carbocycles. The van der Waals surface area contributed by atoms with Crippen LogP contribution in [0.3, 0.4) is 0 Å². The van der Waals surface area contributed by atoms with Gasteiger partial charge in [-0.05, 0) is 83.8 Å². The Hall–Kier alpha value is -0.670. The fourth-order valence-corrected chi connectivity index (χ4v) is 3.33. The van der Waals surface area contributed by atoms with Crippen molar-refractivity contribution in [2.24, 2.45) is 5.92 Å². The van der Waals surface area contributed by atoms with E-state index in [1.807, 2.05) is 6.20 Å². The van der Waals surface area contributed by atoms with Gasteiger partial charge in [0.15, 0.2) is 0 Å². The molecule has 1 aromatic heterocycles. The number of halogens is 1. The first-order chi connectivity index (χ1) is 8.74. The average molecular weight is 307 g/mol. The number of aromatic nitrogens is 1. The number of allylic oxidation sites excluding steroid dienone is 1. The largest absolute Gasteiger partial charge is 0.310 e. The number of hydrogen-bond donors (Lipinski definition) is 1. The maximum Gasteiger partial charge on any atom is 0.109 e. The van der Waals surface area contributed by atoms with Crippen molar-refractivity contribution in [1.82, 2.24) is 10.3 Å². The van der Waals surface area contributed by atoms with E-state index >= 15 is 0 Å². The van der Waals surface area contributed by atoms with E-state index in [1.54, 1.807) is 0 Å². The number of nitrogens with zero attached hydrogens (tertiary/aromatic N) is 1. The first-order valence-electron chi connectivity index (χ1n) is 6.80. The van der Waals surface area contributed by atoms with Crippen LogP contribution in [0.15, 0.2) is 22.9 Å². The molecule has 2 heterocycles. The molecule has 0 spiro atoms. The van der Waals surface area contributed by atoms with Crippen molar-refractivity contribution in [3.8, 4) is 0 Å². The van der Waals surface area contributed by atoms with Crippen molar-refractivity contribution < 1.29 is 0 Å². The number of piperidine rings is 1. The number of rotatable bonds is 1. The molecule has 1 aromatic rings. The molecular weight excluding hydrogens is 288 g/mol. The van der Waals surface area contributed by atoms with Gasteiger partial charge in [0.25, 0.3) is 0 Å². The molecule has 1 saturated heterocycles. The van der Waals surface area contributed by atoms with E-state index in [-0.39, 0.29) is 0 Å². The molecule has 18 heavy (non-hydrogen) atoms. The van der Waals surface area contributed by atoms with Crippen LogP contribution in [-0.2, 0) is 0 Å². The summed E-state index contributed by atoms with van der Waals surface area (Å²) < 4.78 is 0.955. The van der Waals surface area contributed by atoms with Gasteiger partial charge in [0.1, 0.15) is 4.60 Å². The van der Waals surface area contributed by atoms with Crippen LogP contribution >= 0.6 is 15.9 Å². The highest BCUT2D eigenvalue weighted by atomic mass is 79.9. The Morgan fingerprint density at radius 2 is 2.28 bits per heavy atom. The summed E-state index contributed by atoms with van der Waals surface area (Å²) in [6.45, 7) is 3.27. The third-order valence-electron chi connectivity index (χ3n) is 4.19. The Labute approximate surface area is 117 Å². The molecular formula is C15H19BrN2. The second-order valence-electron chi connectivity index (χ2n) is 5.44. The van der Waals surface area contributed by atoms with E-state index in [0.717, 1.165) is 10.5 Å². The number of pyridine rings is 1. The predicted molar refractivity (Wildman–Crippen MR) is 78.4 cm³/mol. The number of aryl methyl sites for hydroxylation is 1. The van der Waals surface area contributed by atoms with Gasteiger partial charge in [-0.1, -0.05) is 6.08 Å². The highest BCUT2D eigenvalue weighted by Gasteiger charge is 2.27. The molecule has 0 saturated carbocycles. The summed E-state index contributed by atoms with van der Waals surface area (Å²) >= 11 is 3.47. The van der Waals surface area contributed by atoms with E-state index < -0.39 is 0 Å². The van der Waals surface area contributed by atoms with Gasteiger partial charge in [0.2, 0.25) is 0 Å². The zero-order valence-electron chi connectivity index (χ0n) is 10.7. The maximum atomic E-state index is 4.41. The lowest BCUT2D eigenvalue weighted by Crippen LogP contribution is -2.41. The molecule has 1 N–H and O–H groups in total. The monoisotopic (exact) mass is 306 g/mol. The number of hydrogen-bond acceptors (Lipinski definition) is 2. The van der Waals surface area contributed by atoms with Gasteiger partial charge in [-0.15, -0.1) is 0 Å². The quantitative estimate of drug-likeness (QED) is 0.800. The van der Waals surface area contributed by atoms with Crippen molar-refractivity contribution in [2.75, 3.05) is 6.54 Å². The fraction of sp³-hybridized carbons (Fsp3) is 0.533. The molecule has 3 rings (SSSR count). The summed E-state index contributed by atoms with van der Waals surface area (Å²) in [6, 6.07) is 2.83. The second kappa shape index (κ2) is 5.14. The first kappa shape index (κ1) is 12.4. The molecule has 2 atom stereocenters. The van der Waals surface area contributed by atoms with Crippen molar-refractivity contribution in [2.45, 2.75) is 38.6 Å². The summed E-state index contributed by atoms with van der Waals surface area (Å²) in [6.07, 6.45) is 9.68. The summed E-state index contributed by atoms with van der Waals surface area (Å²) in [5.74, 6) is 0.854. The highest BCUT2D eigenvalue weighted by Crippen LogP contribution is 2.34. The van der Waals surface area contributed by atoms with Crippen LogP contribution in [0.25, 0.3) is 5.57 Å². The lowest BCUT2D eigenvalue weighted by Gasteiger charge is -2.35. The first-order valence-corrected chi connectivity index (χ1v) is 7.60. The van der Waals surface area contributed by atoms with Crippen molar-refractivity contribution in [3.05, 3.63) is 34.1 Å². The molecule has 2 nitrogen and oxygen atoms in total. The van der Waals surface area contributed by atoms with E-state index in [9.17, 15) is 0 Å². The zero-order chi connectivity index (χ0) is 12.5. The Morgan fingerprint density at radius 1 is 1.39 bits per heavy atom. The molecule has 96 valence electrons. The van der Waals surface area contributed by atoms with E-state index in [2.05, 4.69) is 45.3 Å². The van der Waals surface area contributed by atoms with Crippen LogP contribution in [0.1, 0.15) is 36.8 Å². The van der Waals surface area contributed by atoms with Gasteiger partial charge in [0.05, 0.1) is 0 Å². The topological polar surface area (TPSA) is 24.9 Å². The SMILES string of the molecule is Cc1cc(C2=C[C@H]3NCCC[C@H]3CC2)cnc1Br. The Bertz CT molecular complexity index is 481. The van der Waals surface area contributed by atoms with Gasteiger partial charge >= 0.3 is 0 Å². The minimum absolute atomic E-state index is 0.589. The van der Waals surface area contributed by atoms with Crippen LogP contribution in [0, 0.1) is 12.8 Å². The lowest BCUT2D eigenvalue weighted by atomic mass is 9.79. The van der Waals surface area contributed by atoms with Gasteiger partial charge in [-0.2, -0.15) is 0 Å².